The second-order valence-electron chi connectivity index (χ2n) is 4.21. The lowest BCUT2D eigenvalue weighted by atomic mass is 9.84. The molecule has 88 valence electrons. The molecule has 0 amide bonds. The molecule has 0 radical (unpaired) electrons. The van der Waals surface area contributed by atoms with Gasteiger partial charge in [-0.25, -0.2) is 8.78 Å². The van der Waals surface area contributed by atoms with Gasteiger partial charge in [0.2, 0.25) is 0 Å². The van der Waals surface area contributed by atoms with Crippen molar-refractivity contribution >= 4 is 11.5 Å². The summed E-state index contributed by atoms with van der Waals surface area (Å²) in [5.41, 5.74) is 1.01. The van der Waals surface area contributed by atoms with Gasteiger partial charge in [0.05, 0.1) is 11.4 Å². The molecule has 1 unspecified atom stereocenters. The highest BCUT2D eigenvalue weighted by Gasteiger charge is 2.39. The van der Waals surface area contributed by atoms with E-state index in [1.165, 1.54) is 0 Å². The predicted molar refractivity (Wildman–Crippen MR) is 58.8 cm³/mol. The molecule has 3 nitrogen and oxygen atoms in total. The van der Waals surface area contributed by atoms with E-state index in [0.29, 0.717) is 30.8 Å². The Morgan fingerprint density at radius 3 is 3.00 bits per heavy atom. The average Bonchev–Trinajstić information content (AvgIpc) is 2.34. The van der Waals surface area contributed by atoms with E-state index in [1.807, 2.05) is 0 Å². The molecule has 0 fully saturated rings. The fourth-order valence-corrected chi connectivity index (χ4v) is 2.32. The maximum Gasteiger partial charge on any atom is 0.177 e. The quantitative estimate of drug-likeness (QED) is 0.694. The summed E-state index contributed by atoms with van der Waals surface area (Å²) in [6.45, 7) is 1.09. The number of Topliss-reactive ketones (excluding diaryl/α,β-unsaturated/α-hetero) is 1. The van der Waals surface area contributed by atoms with Gasteiger partial charge in [-0.1, -0.05) is 0 Å². The van der Waals surface area contributed by atoms with Crippen molar-refractivity contribution in [2.75, 3.05) is 13.1 Å². The van der Waals surface area contributed by atoms with E-state index >= 15 is 0 Å². The van der Waals surface area contributed by atoms with E-state index in [9.17, 15) is 13.6 Å². The third kappa shape index (κ3) is 1.50. The number of fused-ring (bicyclic) bond motifs is 1. The van der Waals surface area contributed by atoms with Gasteiger partial charge < -0.3 is 5.32 Å². The molecule has 1 N–H and O–H groups in total. The van der Waals surface area contributed by atoms with Crippen LogP contribution in [0, 0.1) is 5.92 Å². The first-order chi connectivity index (χ1) is 8.18. The molecule has 1 atom stereocenters. The highest BCUT2D eigenvalue weighted by atomic mass is 19.1. The van der Waals surface area contributed by atoms with Gasteiger partial charge in [-0.3, -0.25) is 9.79 Å². The highest BCUT2D eigenvalue weighted by Crippen LogP contribution is 2.34. The van der Waals surface area contributed by atoms with Gasteiger partial charge in [-0.2, -0.15) is 0 Å². The van der Waals surface area contributed by atoms with Crippen LogP contribution in [0.2, 0.25) is 0 Å². The van der Waals surface area contributed by atoms with E-state index < -0.39 is 17.6 Å². The number of aliphatic imine (C=N–C) groups is 1. The van der Waals surface area contributed by atoms with Crippen LogP contribution in [0.4, 0.5) is 8.78 Å². The van der Waals surface area contributed by atoms with Crippen LogP contribution in [0.1, 0.15) is 6.42 Å². The summed E-state index contributed by atoms with van der Waals surface area (Å²) in [5.74, 6) is -2.78. The molecule has 2 heterocycles. The number of ketones is 1. The molecule has 0 saturated heterocycles. The van der Waals surface area contributed by atoms with Crippen LogP contribution in [-0.4, -0.2) is 24.6 Å². The third-order valence-electron chi connectivity index (χ3n) is 3.19. The molecule has 0 aromatic heterocycles. The second kappa shape index (κ2) is 3.70. The van der Waals surface area contributed by atoms with Gasteiger partial charge in [0.1, 0.15) is 17.6 Å². The van der Waals surface area contributed by atoms with Gasteiger partial charge in [0.25, 0.3) is 0 Å². The number of rotatable bonds is 0. The summed E-state index contributed by atoms with van der Waals surface area (Å²) in [4.78, 5) is 16.2. The maximum absolute atomic E-state index is 13.6. The van der Waals surface area contributed by atoms with Gasteiger partial charge in [-0.05, 0) is 12.2 Å². The first kappa shape index (κ1) is 10.5. The Kier molecular flexibility index (Phi) is 2.29. The highest BCUT2D eigenvalue weighted by molar-refractivity contribution is 6.22. The Labute approximate surface area is 96.6 Å². The summed E-state index contributed by atoms with van der Waals surface area (Å²) in [7, 11) is 0. The topological polar surface area (TPSA) is 41.5 Å². The number of nitrogens with one attached hydrogen (secondary N) is 1. The summed E-state index contributed by atoms with van der Waals surface area (Å²) in [6.07, 6.45) is 2.60. The Balaban J connectivity index is 2.13. The van der Waals surface area contributed by atoms with Crippen molar-refractivity contribution in [3.63, 3.8) is 0 Å². The second-order valence-corrected chi connectivity index (χ2v) is 4.21. The average molecular weight is 236 g/mol. The number of carbonyl (C=O) groups excluding carboxylic acids is 1. The maximum atomic E-state index is 13.6. The fraction of sp³-hybridized carbons (Fsp3) is 0.333. The summed E-state index contributed by atoms with van der Waals surface area (Å²) >= 11 is 0. The fourth-order valence-electron chi connectivity index (χ4n) is 2.32. The lowest BCUT2D eigenvalue weighted by Crippen LogP contribution is -2.38. The van der Waals surface area contributed by atoms with Crippen molar-refractivity contribution in [2.24, 2.45) is 10.9 Å². The van der Waals surface area contributed by atoms with E-state index in [0.717, 1.165) is 12.2 Å². The van der Waals surface area contributed by atoms with Crippen molar-refractivity contribution in [2.45, 2.75) is 6.42 Å². The molecule has 2 aliphatic heterocycles. The van der Waals surface area contributed by atoms with Crippen LogP contribution in [0.15, 0.2) is 40.1 Å². The molecule has 17 heavy (non-hydrogen) atoms. The zero-order valence-electron chi connectivity index (χ0n) is 8.96. The number of allylic oxidation sites excluding steroid dienone is 4. The smallest absolute Gasteiger partial charge is 0.177 e. The molecule has 5 heteroatoms. The minimum absolute atomic E-state index is 0.0735. The van der Waals surface area contributed by atoms with Gasteiger partial charge in [0.15, 0.2) is 5.78 Å². The zero-order valence-corrected chi connectivity index (χ0v) is 8.96. The Bertz CT molecular complexity index is 529. The molecule has 1 aliphatic carbocycles. The van der Waals surface area contributed by atoms with E-state index in [2.05, 4.69) is 10.3 Å². The molecular formula is C12H10F2N2O. The number of halogens is 2. The number of carbonyl (C=O) groups is 1. The lowest BCUT2D eigenvalue weighted by molar-refractivity contribution is -0.117. The van der Waals surface area contributed by atoms with Crippen LogP contribution in [-0.2, 0) is 4.79 Å². The van der Waals surface area contributed by atoms with Crippen LogP contribution in [0.3, 0.4) is 0 Å². The minimum atomic E-state index is -1.17. The Morgan fingerprint density at radius 1 is 1.35 bits per heavy atom. The predicted octanol–water partition coefficient (Wildman–Crippen LogP) is 1.59. The molecule has 3 rings (SSSR count). The summed E-state index contributed by atoms with van der Waals surface area (Å²) < 4.78 is 27.2. The number of hydrogen-bond donors (Lipinski definition) is 1. The zero-order chi connectivity index (χ0) is 12.0. The van der Waals surface area contributed by atoms with Crippen molar-refractivity contribution in [1.82, 2.24) is 5.32 Å². The van der Waals surface area contributed by atoms with Crippen molar-refractivity contribution in [3.05, 3.63) is 35.1 Å². The van der Waals surface area contributed by atoms with Crippen molar-refractivity contribution in [3.8, 4) is 0 Å². The monoisotopic (exact) mass is 236 g/mol. The first-order valence-corrected chi connectivity index (χ1v) is 5.47. The van der Waals surface area contributed by atoms with Gasteiger partial charge in [0, 0.05) is 25.1 Å². The normalized spacial score (nSPS) is 28.0. The molecule has 3 aliphatic rings. The minimum Gasteiger partial charge on any atom is -0.312 e. The molecule has 0 spiro atoms. The Hall–Kier alpha value is -1.62. The van der Waals surface area contributed by atoms with Crippen molar-refractivity contribution < 1.29 is 13.6 Å². The lowest BCUT2D eigenvalue weighted by Gasteiger charge is -2.28. The van der Waals surface area contributed by atoms with Crippen LogP contribution in [0.5, 0.6) is 0 Å². The number of nitrogens with zero attached hydrogens (tertiary/aromatic N) is 1. The van der Waals surface area contributed by atoms with Gasteiger partial charge in [-0.15, -0.1) is 0 Å². The SMILES string of the molecule is O=C1C2=C(CCNC2)N=C2C(F)=CC=C(F)C12. The third-order valence-corrected chi connectivity index (χ3v) is 3.19. The van der Waals surface area contributed by atoms with Crippen molar-refractivity contribution in [1.29, 1.82) is 0 Å². The van der Waals surface area contributed by atoms with Gasteiger partial charge >= 0.3 is 0 Å². The van der Waals surface area contributed by atoms with E-state index in [1.54, 1.807) is 0 Å². The molecule has 0 bridgehead atoms. The molecule has 0 aromatic rings. The van der Waals surface area contributed by atoms with Crippen LogP contribution >= 0.6 is 0 Å². The van der Waals surface area contributed by atoms with Crippen LogP contribution < -0.4 is 5.32 Å². The molecule has 0 aromatic carbocycles. The molecular weight excluding hydrogens is 226 g/mol. The first-order valence-electron chi connectivity index (χ1n) is 5.47. The van der Waals surface area contributed by atoms with E-state index in [-0.39, 0.29) is 11.5 Å². The Morgan fingerprint density at radius 2 is 2.18 bits per heavy atom. The standard InChI is InChI=1S/C12H10F2N2O/c13-7-1-2-8(14)11-10(7)12(17)6-5-15-4-3-9(6)16-11/h1-2,10,15H,3-5H2. The van der Waals surface area contributed by atoms with Crippen LogP contribution in [0.25, 0.3) is 0 Å². The summed E-state index contributed by atoms with van der Waals surface area (Å²) in [5, 5.41) is 3.04. The largest absolute Gasteiger partial charge is 0.312 e. The summed E-state index contributed by atoms with van der Waals surface area (Å²) in [6, 6.07) is 0. The molecule has 0 saturated carbocycles. The van der Waals surface area contributed by atoms with E-state index in [4.69, 9.17) is 0 Å². The number of hydrogen-bond acceptors (Lipinski definition) is 3.